The number of furan rings is 1. The Bertz CT molecular complexity index is 852. The summed E-state index contributed by atoms with van der Waals surface area (Å²) in [4.78, 5) is 0. The molecule has 0 radical (unpaired) electrons. The van der Waals surface area contributed by atoms with Gasteiger partial charge < -0.3 is 19.2 Å². The van der Waals surface area contributed by atoms with Crippen LogP contribution in [0.25, 0.3) is 0 Å². The summed E-state index contributed by atoms with van der Waals surface area (Å²) in [5, 5.41) is 4.53. The topological polar surface area (TPSA) is 43.6 Å². The largest absolute Gasteiger partial charge is 0.490 e. The third-order valence-corrected chi connectivity index (χ3v) is 4.41. The van der Waals surface area contributed by atoms with Crippen molar-refractivity contribution in [1.29, 1.82) is 0 Å². The van der Waals surface area contributed by atoms with Gasteiger partial charge in [-0.3, -0.25) is 0 Å². The van der Waals surface area contributed by atoms with E-state index in [4.69, 9.17) is 37.1 Å². The van der Waals surface area contributed by atoms with Crippen LogP contribution >= 0.6 is 35.6 Å². The average Bonchev–Trinajstić information content (AvgIpc) is 3.16. The van der Waals surface area contributed by atoms with Crippen LogP contribution < -0.4 is 14.8 Å². The summed E-state index contributed by atoms with van der Waals surface area (Å²) in [6, 6.07) is 15.1. The van der Waals surface area contributed by atoms with E-state index in [1.165, 1.54) is 0 Å². The number of hydrogen-bond donors (Lipinski definition) is 1. The smallest absolute Gasteiger partial charge is 0.180 e. The minimum atomic E-state index is 0. The molecule has 0 atom stereocenters. The van der Waals surface area contributed by atoms with E-state index >= 15 is 0 Å². The lowest BCUT2D eigenvalue weighted by atomic mass is 10.2. The van der Waals surface area contributed by atoms with Crippen molar-refractivity contribution in [3.63, 3.8) is 0 Å². The minimum absolute atomic E-state index is 0. The quantitative estimate of drug-likeness (QED) is 0.424. The van der Waals surface area contributed by atoms with E-state index in [0.29, 0.717) is 47.8 Å². The normalized spacial score (nSPS) is 10.4. The zero-order chi connectivity index (χ0) is 19.1. The maximum Gasteiger partial charge on any atom is 0.180 e. The first-order valence-electron chi connectivity index (χ1n) is 8.71. The monoisotopic (exact) mass is 441 g/mol. The molecule has 0 aliphatic rings. The molecule has 0 saturated heterocycles. The predicted octanol–water partition coefficient (Wildman–Crippen LogP) is 6.28. The lowest BCUT2D eigenvalue weighted by molar-refractivity contribution is 0.269. The molecule has 7 heteroatoms. The third kappa shape index (κ3) is 6.35. The van der Waals surface area contributed by atoms with Gasteiger partial charge in [-0.2, -0.15) is 0 Å². The number of ether oxygens (including phenoxy) is 2. The third-order valence-electron chi connectivity index (χ3n) is 3.87. The van der Waals surface area contributed by atoms with Gasteiger partial charge in [0.2, 0.25) is 0 Å². The summed E-state index contributed by atoms with van der Waals surface area (Å²) in [6.07, 6.45) is 1.66. The number of rotatable bonds is 9. The fourth-order valence-electron chi connectivity index (χ4n) is 2.61. The molecule has 1 N–H and O–H groups in total. The van der Waals surface area contributed by atoms with Crippen LogP contribution in [-0.2, 0) is 19.7 Å². The molecule has 0 aliphatic heterocycles. The van der Waals surface area contributed by atoms with Crippen molar-refractivity contribution in [1.82, 2.24) is 5.32 Å². The molecular formula is C21H22Cl3NO3. The molecule has 1 heterocycles. The molecule has 150 valence electrons. The van der Waals surface area contributed by atoms with Crippen LogP contribution in [0.5, 0.6) is 11.5 Å². The number of halogens is 3. The van der Waals surface area contributed by atoms with Gasteiger partial charge in [0.05, 0.1) is 24.4 Å². The first-order valence-corrected chi connectivity index (χ1v) is 9.47. The van der Waals surface area contributed by atoms with Gasteiger partial charge >= 0.3 is 0 Å². The number of nitrogens with one attached hydrogen (secondary N) is 1. The van der Waals surface area contributed by atoms with Crippen LogP contribution in [0.15, 0.2) is 59.2 Å². The first kappa shape index (κ1) is 22.4. The summed E-state index contributed by atoms with van der Waals surface area (Å²) in [6.45, 7) is 4.12. The second-order valence-corrected chi connectivity index (χ2v) is 6.78. The van der Waals surface area contributed by atoms with E-state index in [9.17, 15) is 0 Å². The van der Waals surface area contributed by atoms with Crippen LogP contribution in [0.3, 0.4) is 0 Å². The van der Waals surface area contributed by atoms with Crippen molar-refractivity contribution in [2.24, 2.45) is 0 Å². The molecule has 1 aromatic heterocycles. The Labute approximate surface area is 181 Å². The highest BCUT2D eigenvalue weighted by Gasteiger charge is 2.13. The van der Waals surface area contributed by atoms with Crippen molar-refractivity contribution < 1.29 is 13.9 Å². The predicted molar refractivity (Wildman–Crippen MR) is 115 cm³/mol. The molecule has 2 aromatic carbocycles. The van der Waals surface area contributed by atoms with Gasteiger partial charge in [0.1, 0.15) is 12.4 Å². The number of hydrogen-bond acceptors (Lipinski definition) is 4. The van der Waals surface area contributed by atoms with Crippen LogP contribution in [0.1, 0.15) is 23.8 Å². The van der Waals surface area contributed by atoms with E-state index in [-0.39, 0.29) is 12.4 Å². The lowest BCUT2D eigenvalue weighted by Crippen LogP contribution is -2.12. The van der Waals surface area contributed by atoms with Crippen LogP contribution in [0, 0.1) is 0 Å². The van der Waals surface area contributed by atoms with Crippen molar-refractivity contribution in [2.45, 2.75) is 26.6 Å². The van der Waals surface area contributed by atoms with Crippen molar-refractivity contribution >= 4 is 35.6 Å². The minimum Gasteiger partial charge on any atom is -0.490 e. The van der Waals surface area contributed by atoms with E-state index in [2.05, 4.69) is 5.32 Å². The van der Waals surface area contributed by atoms with Crippen molar-refractivity contribution in [3.05, 3.63) is 81.7 Å². The molecule has 0 spiro atoms. The molecule has 28 heavy (non-hydrogen) atoms. The summed E-state index contributed by atoms with van der Waals surface area (Å²) in [5.41, 5.74) is 2.01. The average molecular weight is 443 g/mol. The molecule has 0 bridgehead atoms. The molecule has 0 amide bonds. The van der Waals surface area contributed by atoms with E-state index in [1.54, 1.807) is 6.26 Å². The Hall–Kier alpha value is -1.85. The molecule has 0 fully saturated rings. The van der Waals surface area contributed by atoms with E-state index < -0.39 is 0 Å². The zero-order valence-electron chi connectivity index (χ0n) is 15.4. The molecule has 0 unspecified atom stereocenters. The highest BCUT2D eigenvalue weighted by molar-refractivity contribution is 6.32. The van der Waals surface area contributed by atoms with Gasteiger partial charge in [0.25, 0.3) is 0 Å². The zero-order valence-corrected chi connectivity index (χ0v) is 17.7. The highest BCUT2D eigenvalue weighted by atomic mass is 35.5. The fraction of sp³-hybridized carbons (Fsp3) is 0.238. The Kier molecular flexibility index (Phi) is 9.00. The Morgan fingerprint density at radius 3 is 2.43 bits per heavy atom. The molecular weight excluding hydrogens is 421 g/mol. The van der Waals surface area contributed by atoms with Gasteiger partial charge in [-0.05, 0) is 54.4 Å². The van der Waals surface area contributed by atoms with Crippen LogP contribution in [0.2, 0.25) is 10.0 Å². The number of benzene rings is 2. The maximum atomic E-state index is 6.47. The molecule has 3 aromatic rings. The van der Waals surface area contributed by atoms with Crippen LogP contribution in [0.4, 0.5) is 0 Å². The Morgan fingerprint density at radius 1 is 0.964 bits per heavy atom. The first-order chi connectivity index (χ1) is 13.2. The Balaban J connectivity index is 0.00000280. The SMILES string of the molecule is CCOc1cc(CNCc2ccco2)cc(Cl)c1OCc1ccc(Cl)cc1.Cl. The van der Waals surface area contributed by atoms with Crippen molar-refractivity contribution in [3.8, 4) is 11.5 Å². The second kappa shape index (κ2) is 11.2. The standard InChI is InChI=1S/C21H21Cl2NO3.ClH/c1-2-25-20-11-16(12-24-13-18-4-3-9-26-18)10-19(23)21(20)27-14-15-5-7-17(22)8-6-15;/h3-11,24H,2,12-14H2,1H3;1H. The lowest BCUT2D eigenvalue weighted by Gasteiger charge is -2.15. The summed E-state index contributed by atoms with van der Waals surface area (Å²) < 4.78 is 17.0. The fourth-order valence-corrected chi connectivity index (χ4v) is 3.02. The Morgan fingerprint density at radius 2 is 1.75 bits per heavy atom. The van der Waals surface area contributed by atoms with Crippen molar-refractivity contribution in [2.75, 3.05) is 6.61 Å². The van der Waals surface area contributed by atoms with Gasteiger partial charge in [-0.1, -0.05) is 35.3 Å². The maximum absolute atomic E-state index is 6.47. The van der Waals surface area contributed by atoms with Gasteiger partial charge in [-0.15, -0.1) is 12.4 Å². The molecule has 0 saturated carbocycles. The highest BCUT2D eigenvalue weighted by Crippen LogP contribution is 2.37. The molecule has 3 rings (SSSR count). The molecule has 0 aliphatic carbocycles. The van der Waals surface area contributed by atoms with E-state index in [1.807, 2.05) is 55.5 Å². The summed E-state index contributed by atoms with van der Waals surface area (Å²) in [7, 11) is 0. The summed E-state index contributed by atoms with van der Waals surface area (Å²) in [5.74, 6) is 2.06. The second-order valence-electron chi connectivity index (χ2n) is 5.94. The van der Waals surface area contributed by atoms with Crippen LogP contribution in [-0.4, -0.2) is 6.61 Å². The van der Waals surface area contributed by atoms with Gasteiger partial charge in [0, 0.05) is 11.6 Å². The van der Waals surface area contributed by atoms with Gasteiger partial charge in [0.15, 0.2) is 11.5 Å². The molecule has 4 nitrogen and oxygen atoms in total. The van der Waals surface area contributed by atoms with Gasteiger partial charge in [-0.25, -0.2) is 0 Å². The summed E-state index contributed by atoms with van der Waals surface area (Å²) >= 11 is 12.4. The van der Waals surface area contributed by atoms with E-state index in [0.717, 1.165) is 16.9 Å².